The molecule has 1 aliphatic carbocycles. The Morgan fingerprint density at radius 2 is 2.20 bits per heavy atom. The second-order valence-corrected chi connectivity index (χ2v) is 6.32. The topological polar surface area (TPSA) is 45.5 Å². The quantitative estimate of drug-likeness (QED) is 0.918. The molecule has 4 heteroatoms. The third-order valence-electron chi connectivity index (χ3n) is 4.48. The van der Waals surface area contributed by atoms with E-state index in [4.69, 9.17) is 4.42 Å². The number of furan rings is 1. The number of amides is 1. The van der Waals surface area contributed by atoms with Gasteiger partial charge in [-0.1, -0.05) is 6.92 Å². The fraction of sp³-hybridized carbons (Fsp3) is 0.688. The maximum atomic E-state index is 12.1. The van der Waals surface area contributed by atoms with E-state index in [0.29, 0.717) is 23.8 Å². The van der Waals surface area contributed by atoms with Crippen LogP contribution in [-0.2, 0) is 11.3 Å². The highest BCUT2D eigenvalue weighted by Crippen LogP contribution is 2.32. The van der Waals surface area contributed by atoms with Crippen molar-refractivity contribution in [2.24, 2.45) is 11.8 Å². The minimum Gasteiger partial charge on any atom is -0.465 e. The fourth-order valence-electron chi connectivity index (χ4n) is 3.05. The Labute approximate surface area is 120 Å². The van der Waals surface area contributed by atoms with Crippen molar-refractivity contribution in [1.82, 2.24) is 10.2 Å². The van der Waals surface area contributed by atoms with Crippen molar-refractivity contribution in [2.75, 3.05) is 13.1 Å². The summed E-state index contributed by atoms with van der Waals surface area (Å²) >= 11 is 0. The van der Waals surface area contributed by atoms with Crippen LogP contribution in [0, 0.1) is 18.8 Å². The molecule has 0 spiro atoms. The first-order valence-electron chi connectivity index (χ1n) is 7.71. The summed E-state index contributed by atoms with van der Waals surface area (Å²) < 4.78 is 5.58. The van der Waals surface area contributed by atoms with Crippen molar-refractivity contribution in [3.63, 3.8) is 0 Å². The van der Waals surface area contributed by atoms with Crippen molar-refractivity contribution in [3.8, 4) is 0 Å². The van der Waals surface area contributed by atoms with Gasteiger partial charge in [0.15, 0.2) is 0 Å². The van der Waals surface area contributed by atoms with Crippen LogP contribution in [0.4, 0.5) is 0 Å². The summed E-state index contributed by atoms with van der Waals surface area (Å²) in [6, 6.07) is 4.50. The molecule has 1 aromatic rings. The lowest BCUT2D eigenvalue weighted by atomic mass is 9.93. The molecule has 1 saturated carbocycles. The Morgan fingerprint density at radius 1 is 1.40 bits per heavy atom. The van der Waals surface area contributed by atoms with Crippen LogP contribution in [0.25, 0.3) is 0 Å². The Kier molecular flexibility index (Phi) is 3.83. The molecule has 1 amide bonds. The van der Waals surface area contributed by atoms with E-state index in [2.05, 4.69) is 17.1 Å². The van der Waals surface area contributed by atoms with Crippen molar-refractivity contribution >= 4 is 5.91 Å². The van der Waals surface area contributed by atoms with Crippen LogP contribution >= 0.6 is 0 Å². The SMILES string of the molecule is Cc1ccc(CN[C@@H]2CCN(C(=O)C3CC3)C[C@H]2C)o1. The second-order valence-electron chi connectivity index (χ2n) is 6.32. The molecule has 1 saturated heterocycles. The summed E-state index contributed by atoms with van der Waals surface area (Å²) in [6.07, 6.45) is 3.24. The van der Waals surface area contributed by atoms with Gasteiger partial charge in [-0.05, 0) is 44.2 Å². The lowest BCUT2D eigenvalue weighted by Gasteiger charge is -2.37. The number of hydrogen-bond acceptors (Lipinski definition) is 3. The van der Waals surface area contributed by atoms with Crippen molar-refractivity contribution < 1.29 is 9.21 Å². The molecule has 1 aromatic heterocycles. The van der Waals surface area contributed by atoms with Gasteiger partial charge in [-0.15, -0.1) is 0 Å². The molecule has 0 unspecified atom stereocenters. The Morgan fingerprint density at radius 3 is 2.80 bits per heavy atom. The number of rotatable bonds is 4. The van der Waals surface area contributed by atoms with Crippen molar-refractivity contribution in [3.05, 3.63) is 23.7 Å². The van der Waals surface area contributed by atoms with Gasteiger partial charge in [0.05, 0.1) is 6.54 Å². The predicted octanol–water partition coefficient (Wildman–Crippen LogP) is 2.32. The molecule has 4 nitrogen and oxygen atoms in total. The van der Waals surface area contributed by atoms with Gasteiger partial charge in [0.1, 0.15) is 11.5 Å². The van der Waals surface area contributed by atoms with Crippen LogP contribution in [0.1, 0.15) is 37.7 Å². The Balaban J connectivity index is 1.48. The summed E-state index contributed by atoms with van der Waals surface area (Å²) in [4.78, 5) is 14.2. The molecule has 20 heavy (non-hydrogen) atoms. The number of nitrogens with one attached hydrogen (secondary N) is 1. The van der Waals surface area contributed by atoms with E-state index in [9.17, 15) is 4.79 Å². The maximum Gasteiger partial charge on any atom is 0.225 e. The predicted molar refractivity (Wildman–Crippen MR) is 77.2 cm³/mol. The van der Waals surface area contributed by atoms with Crippen LogP contribution in [-0.4, -0.2) is 29.9 Å². The first kappa shape index (κ1) is 13.7. The lowest BCUT2D eigenvalue weighted by molar-refractivity contribution is -0.134. The summed E-state index contributed by atoms with van der Waals surface area (Å²) in [5, 5.41) is 3.57. The van der Waals surface area contributed by atoms with Gasteiger partial charge in [-0.2, -0.15) is 0 Å². The largest absolute Gasteiger partial charge is 0.465 e. The minimum absolute atomic E-state index is 0.345. The zero-order valence-electron chi connectivity index (χ0n) is 12.4. The number of carbonyl (C=O) groups excluding carboxylic acids is 1. The van der Waals surface area contributed by atoms with Gasteiger partial charge < -0.3 is 14.6 Å². The Bertz CT molecular complexity index is 479. The molecule has 0 bridgehead atoms. The van der Waals surface area contributed by atoms with E-state index < -0.39 is 0 Å². The molecule has 1 N–H and O–H groups in total. The molecule has 2 aliphatic rings. The summed E-state index contributed by atoms with van der Waals surface area (Å²) in [7, 11) is 0. The number of carbonyl (C=O) groups is 1. The van der Waals surface area contributed by atoms with Gasteiger partial charge in [0.25, 0.3) is 0 Å². The molecule has 1 aliphatic heterocycles. The molecular formula is C16H24N2O2. The number of aryl methyl sites for hydroxylation is 1. The highest BCUT2D eigenvalue weighted by molar-refractivity contribution is 5.81. The average Bonchev–Trinajstić information content (AvgIpc) is 3.20. The van der Waals surface area contributed by atoms with E-state index in [1.807, 2.05) is 19.1 Å². The summed E-state index contributed by atoms with van der Waals surface area (Å²) in [5.41, 5.74) is 0. The van der Waals surface area contributed by atoms with E-state index >= 15 is 0 Å². The number of piperidine rings is 1. The van der Waals surface area contributed by atoms with Crippen molar-refractivity contribution in [1.29, 1.82) is 0 Å². The smallest absolute Gasteiger partial charge is 0.225 e. The van der Waals surface area contributed by atoms with Gasteiger partial charge in [0, 0.05) is 25.0 Å². The maximum absolute atomic E-state index is 12.1. The molecule has 3 rings (SSSR count). The van der Waals surface area contributed by atoms with E-state index in [-0.39, 0.29) is 0 Å². The molecule has 2 heterocycles. The third kappa shape index (κ3) is 3.06. The molecule has 110 valence electrons. The second kappa shape index (κ2) is 5.60. The number of nitrogens with zero attached hydrogens (tertiary/aromatic N) is 1. The molecule has 2 fully saturated rings. The van der Waals surface area contributed by atoms with E-state index in [0.717, 1.165) is 50.4 Å². The van der Waals surface area contributed by atoms with Gasteiger partial charge in [-0.3, -0.25) is 4.79 Å². The highest BCUT2D eigenvalue weighted by Gasteiger charge is 2.36. The minimum atomic E-state index is 0.345. The first-order chi connectivity index (χ1) is 9.63. The van der Waals surface area contributed by atoms with Crippen LogP contribution in [0.15, 0.2) is 16.5 Å². The van der Waals surface area contributed by atoms with Gasteiger partial charge in [0.2, 0.25) is 5.91 Å². The van der Waals surface area contributed by atoms with Crippen molar-refractivity contribution in [2.45, 2.75) is 45.7 Å². The normalized spacial score (nSPS) is 26.8. The lowest BCUT2D eigenvalue weighted by Crippen LogP contribution is -2.50. The number of likely N-dealkylation sites (tertiary alicyclic amines) is 1. The first-order valence-corrected chi connectivity index (χ1v) is 7.71. The van der Waals surface area contributed by atoms with Gasteiger partial charge >= 0.3 is 0 Å². The van der Waals surface area contributed by atoms with Crippen LogP contribution in [0.2, 0.25) is 0 Å². The molecule has 0 radical (unpaired) electrons. The molecule has 0 aromatic carbocycles. The van der Waals surface area contributed by atoms with E-state index in [1.54, 1.807) is 0 Å². The standard InChI is InChI=1S/C16H24N2O2/c1-11-10-18(16(19)13-4-5-13)8-7-15(11)17-9-14-6-3-12(2)20-14/h3,6,11,13,15,17H,4-5,7-10H2,1-2H3/t11-,15-/m1/s1. The average molecular weight is 276 g/mol. The van der Waals surface area contributed by atoms with Gasteiger partial charge in [-0.25, -0.2) is 0 Å². The van der Waals surface area contributed by atoms with E-state index in [1.165, 1.54) is 0 Å². The summed E-state index contributed by atoms with van der Waals surface area (Å²) in [6.45, 7) is 6.77. The zero-order chi connectivity index (χ0) is 14.1. The molecule has 2 atom stereocenters. The monoisotopic (exact) mass is 276 g/mol. The summed E-state index contributed by atoms with van der Waals surface area (Å²) in [5.74, 6) is 3.18. The van der Waals surface area contributed by atoms with Crippen LogP contribution in [0.5, 0.6) is 0 Å². The number of hydrogen-bond donors (Lipinski definition) is 1. The zero-order valence-corrected chi connectivity index (χ0v) is 12.4. The van der Waals surface area contributed by atoms with Crippen LogP contribution in [0.3, 0.4) is 0 Å². The fourth-order valence-corrected chi connectivity index (χ4v) is 3.05. The molecular weight excluding hydrogens is 252 g/mol. The van der Waals surface area contributed by atoms with Crippen LogP contribution < -0.4 is 5.32 Å². The Hall–Kier alpha value is -1.29. The highest BCUT2D eigenvalue weighted by atomic mass is 16.3. The third-order valence-corrected chi connectivity index (χ3v) is 4.48.